The second kappa shape index (κ2) is 6.44. The summed E-state index contributed by atoms with van der Waals surface area (Å²) < 4.78 is 23.2. The number of aliphatic carboxylic acids is 1. The monoisotopic (exact) mass is 300 g/mol. The number of ether oxygens (including phenoxy) is 1. The molecular weight excluding hydrogens is 291 g/mol. The van der Waals surface area contributed by atoms with Crippen LogP contribution in [0.4, 0.5) is 4.39 Å². The number of carboxylic acids is 1. The zero-order valence-corrected chi connectivity index (χ0v) is 10.9. The predicted octanol–water partition coefficient (Wildman–Crippen LogP) is 2.05. The first kappa shape index (κ1) is 14.4. The van der Waals surface area contributed by atoms with E-state index < -0.39 is 18.4 Å². The van der Waals surface area contributed by atoms with Crippen LogP contribution in [0.1, 0.15) is 17.3 Å². The van der Waals surface area contributed by atoms with Crippen LogP contribution >= 0.6 is 11.6 Å². The van der Waals surface area contributed by atoms with Crippen molar-refractivity contribution in [1.82, 2.24) is 10.1 Å². The van der Waals surface area contributed by atoms with E-state index in [2.05, 4.69) is 10.1 Å². The minimum absolute atomic E-state index is 0.0773. The Kier molecular flexibility index (Phi) is 4.65. The fraction of sp³-hybridized carbons (Fsp3) is 0.250. The summed E-state index contributed by atoms with van der Waals surface area (Å²) in [5, 5.41) is 12.3. The number of nitrogens with zero attached hydrogens (tertiary/aromatic N) is 2. The first-order valence-electron chi connectivity index (χ1n) is 5.60. The third kappa shape index (κ3) is 3.75. The van der Waals surface area contributed by atoms with Gasteiger partial charge in [0.1, 0.15) is 19.0 Å². The smallest absolute Gasteiger partial charge is 0.329 e. The van der Waals surface area contributed by atoms with E-state index >= 15 is 0 Å². The zero-order chi connectivity index (χ0) is 14.5. The Bertz CT molecular complexity index is 597. The number of benzene rings is 1. The lowest BCUT2D eigenvalue weighted by Crippen LogP contribution is -2.06. The molecule has 0 atom stereocenters. The van der Waals surface area contributed by atoms with Gasteiger partial charge in [0.15, 0.2) is 5.82 Å². The third-order valence-electron chi connectivity index (χ3n) is 2.36. The molecule has 106 valence electrons. The van der Waals surface area contributed by atoms with Crippen molar-refractivity contribution in [3.05, 3.63) is 46.3 Å². The highest BCUT2D eigenvalue weighted by atomic mass is 35.5. The Morgan fingerprint density at radius 3 is 3.00 bits per heavy atom. The zero-order valence-electron chi connectivity index (χ0n) is 10.2. The highest BCUT2D eigenvalue weighted by molar-refractivity contribution is 6.31. The second-order valence-corrected chi connectivity index (χ2v) is 4.28. The largest absolute Gasteiger partial charge is 0.480 e. The summed E-state index contributed by atoms with van der Waals surface area (Å²) >= 11 is 5.89. The highest BCUT2D eigenvalue weighted by Crippen LogP contribution is 2.21. The number of hydrogen-bond donors (Lipinski definition) is 1. The van der Waals surface area contributed by atoms with E-state index in [4.69, 9.17) is 26.0 Å². The number of carbonyl (C=O) groups is 1. The lowest BCUT2D eigenvalue weighted by molar-refractivity contribution is -0.142. The summed E-state index contributed by atoms with van der Waals surface area (Å²) in [5.74, 6) is -1.19. The van der Waals surface area contributed by atoms with Gasteiger partial charge in [0.05, 0.1) is 0 Å². The predicted molar refractivity (Wildman–Crippen MR) is 65.8 cm³/mol. The molecule has 2 aromatic rings. The summed E-state index contributed by atoms with van der Waals surface area (Å²) in [4.78, 5) is 14.2. The van der Waals surface area contributed by atoms with E-state index in [0.29, 0.717) is 0 Å². The molecule has 0 saturated carbocycles. The van der Waals surface area contributed by atoms with Gasteiger partial charge in [-0.25, -0.2) is 9.18 Å². The fourth-order valence-electron chi connectivity index (χ4n) is 1.51. The molecule has 0 aliphatic carbocycles. The van der Waals surface area contributed by atoms with Gasteiger partial charge in [-0.3, -0.25) is 0 Å². The summed E-state index contributed by atoms with van der Waals surface area (Å²) in [5.41, 5.74) is 0.271. The Morgan fingerprint density at radius 2 is 2.30 bits per heavy atom. The Morgan fingerprint density at radius 1 is 1.50 bits per heavy atom. The molecule has 6 nitrogen and oxygen atoms in total. The van der Waals surface area contributed by atoms with E-state index in [-0.39, 0.29) is 35.3 Å². The third-order valence-corrected chi connectivity index (χ3v) is 2.71. The molecule has 0 radical (unpaired) electrons. The summed E-state index contributed by atoms with van der Waals surface area (Å²) in [6, 6.07) is 4.36. The van der Waals surface area contributed by atoms with Crippen LogP contribution in [0.5, 0.6) is 0 Å². The quantitative estimate of drug-likeness (QED) is 0.879. The molecule has 0 unspecified atom stereocenters. The maximum absolute atomic E-state index is 13.6. The summed E-state index contributed by atoms with van der Waals surface area (Å²) in [7, 11) is 0. The molecule has 1 aromatic heterocycles. The molecule has 2 rings (SSSR count). The van der Waals surface area contributed by atoms with E-state index in [1.807, 2.05) is 0 Å². The van der Waals surface area contributed by atoms with Gasteiger partial charge in [0.25, 0.3) is 5.89 Å². The SMILES string of the molecule is O=C(O)COCc1nc(Cc2c(F)cccc2Cl)no1. The van der Waals surface area contributed by atoms with Gasteiger partial charge >= 0.3 is 5.97 Å². The molecule has 1 aromatic carbocycles. The van der Waals surface area contributed by atoms with Crippen molar-refractivity contribution in [2.24, 2.45) is 0 Å². The molecule has 0 fully saturated rings. The van der Waals surface area contributed by atoms with Crippen LogP contribution in [0, 0.1) is 5.82 Å². The topological polar surface area (TPSA) is 85.5 Å². The average Bonchev–Trinajstić information content (AvgIpc) is 2.81. The first-order chi connectivity index (χ1) is 9.56. The van der Waals surface area contributed by atoms with Crippen LogP contribution in [0.25, 0.3) is 0 Å². The molecule has 8 heteroatoms. The molecule has 0 aliphatic heterocycles. The van der Waals surface area contributed by atoms with Crippen LogP contribution in [-0.4, -0.2) is 27.8 Å². The van der Waals surface area contributed by atoms with Gasteiger partial charge in [-0.2, -0.15) is 4.98 Å². The van der Waals surface area contributed by atoms with Crippen LogP contribution in [0.15, 0.2) is 22.7 Å². The molecule has 1 heterocycles. The number of hydrogen-bond acceptors (Lipinski definition) is 5. The number of aromatic nitrogens is 2. The lowest BCUT2D eigenvalue weighted by Gasteiger charge is -2.01. The van der Waals surface area contributed by atoms with E-state index in [0.717, 1.165) is 0 Å². The van der Waals surface area contributed by atoms with Gasteiger partial charge < -0.3 is 14.4 Å². The van der Waals surface area contributed by atoms with Crippen LogP contribution in [0.2, 0.25) is 5.02 Å². The normalized spacial score (nSPS) is 10.7. The van der Waals surface area contributed by atoms with Crippen molar-refractivity contribution in [3.8, 4) is 0 Å². The first-order valence-corrected chi connectivity index (χ1v) is 5.98. The van der Waals surface area contributed by atoms with Crippen molar-refractivity contribution >= 4 is 17.6 Å². The molecule has 0 aliphatic rings. The molecule has 0 amide bonds. The number of rotatable bonds is 6. The Hall–Kier alpha value is -1.99. The van der Waals surface area contributed by atoms with Crippen molar-refractivity contribution in [3.63, 3.8) is 0 Å². The van der Waals surface area contributed by atoms with Crippen molar-refractivity contribution in [2.45, 2.75) is 13.0 Å². The molecule has 1 N–H and O–H groups in total. The van der Waals surface area contributed by atoms with Crippen molar-refractivity contribution in [1.29, 1.82) is 0 Å². The van der Waals surface area contributed by atoms with Gasteiger partial charge in [0, 0.05) is 17.0 Å². The minimum Gasteiger partial charge on any atom is -0.480 e. The van der Waals surface area contributed by atoms with Gasteiger partial charge in [-0.05, 0) is 12.1 Å². The van der Waals surface area contributed by atoms with Gasteiger partial charge in [-0.15, -0.1) is 0 Å². The van der Waals surface area contributed by atoms with E-state index in [1.165, 1.54) is 12.1 Å². The minimum atomic E-state index is -1.09. The Labute approximate surface area is 118 Å². The van der Waals surface area contributed by atoms with E-state index in [9.17, 15) is 9.18 Å². The van der Waals surface area contributed by atoms with Crippen molar-refractivity contribution in [2.75, 3.05) is 6.61 Å². The molecule has 0 bridgehead atoms. The van der Waals surface area contributed by atoms with Crippen LogP contribution in [0.3, 0.4) is 0 Å². The maximum Gasteiger partial charge on any atom is 0.329 e. The molecule has 0 spiro atoms. The standard InChI is InChI=1S/C12H10ClFN2O4/c13-8-2-1-3-9(14)7(8)4-10-15-11(20-16-10)5-19-6-12(17)18/h1-3H,4-6H2,(H,17,18). The van der Waals surface area contributed by atoms with Gasteiger partial charge in [-0.1, -0.05) is 22.8 Å². The fourth-order valence-corrected chi connectivity index (χ4v) is 1.74. The van der Waals surface area contributed by atoms with Crippen LogP contribution < -0.4 is 0 Å². The highest BCUT2D eigenvalue weighted by Gasteiger charge is 2.13. The van der Waals surface area contributed by atoms with Crippen molar-refractivity contribution < 1.29 is 23.6 Å². The molecule has 0 saturated heterocycles. The Balaban J connectivity index is 2.01. The summed E-state index contributed by atoms with van der Waals surface area (Å²) in [6.07, 6.45) is 0.0773. The maximum atomic E-state index is 13.6. The van der Waals surface area contributed by atoms with E-state index in [1.54, 1.807) is 6.07 Å². The number of carboxylic acid groups (broad SMARTS) is 1. The van der Waals surface area contributed by atoms with Gasteiger partial charge in [0.2, 0.25) is 0 Å². The molecular formula is C12H10ClFN2O4. The second-order valence-electron chi connectivity index (χ2n) is 3.87. The summed E-state index contributed by atoms with van der Waals surface area (Å²) in [6.45, 7) is -0.582. The number of halogens is 2. The van der Waals surface area contributed by atoms with Crippen LogP contribution in [-0.2, 0) is 22.6 Å². The molecule has 20 heavy (non-hydrogen) atoms. The lowest BCUT2D eigenvalue weighted by atomic mass is 10.1. The average molecular weight is 301 g/mol.